The molecule has 2 heterocycles. The molecule has 4 rings (SSSR count). The molecule has 1 spiro atoms. The van der Waals surface area contributed by atoms with Crippen LogP contribution in [-0.2, 0) is 10.3 Å². The molecule has 1 N–H and O–H groups in total. The van der Waals surface area contributed by atoms with Gasteiger partial charge in [0.2, 0.25) is 5.89 Å². The molecule has 3 fully saturated rings. The number of hydrogen-bond donors (Lipinski definition) is 1. The van der Waals surface area contributed by atoms with Gasteiger partial charge in [-0.3, -0.25) is 0 Å². The van der Waals surface area contributed by atoms with Crippen LogP contribution in [0.3, 0.4) is 0 Å². The van der Waals surface area contributed by atoms with E-state index < -0.39 is 0 Å². The third-order valence-electron chi connectivity index (χ3n) is 5.40. The Balaban J connectivity index is 1.49. The third-order valence-corrected chi connectivity index (χ3v) is 5.40. The number of ether oxygens (including phenoxy) is 1. The maximum Gasteiger partial charge on any atom is 0.223 e. The topological polar surface area (TPSA) is 60.2 Å². The molecule has 1 unspecified atom stereocenters. The van der Waals surface area contributed by atoms with Crippen molar-refractivity contribution in [3.8, 4) is 0 Å². The maximum absolute atomic E-state index is 6.02. The molecule has 1 saturated heterocycles. The van der Waals surface area contributed by atoms with E-state index in [1.807, 2.05) is 6.92 Å². The fraction of sp³-hybridized carbons (Fsp3) is 0.867. The summed E-state index contributed by atoms with van der Waals surface area (Å²) in [6.45, 7) is 2.75. The lowest BCUT2D eigenvalue weighted by Crippen LogP contribution is -2.58. The second kappa shape index (κ2) is 4.53. The van der Waals surface area contributed by atoms with Crippen molar-refractivity contribution in [2.45, 2.75) is 75.5 Å². The molecular formula is C15H23N3O2. The number of nitrogens with one attached hydrogen (secondary N) is 1. The van der Waals surface area contributed by atoms with Gasteiger partial charge in [-0.1, -0.05) is 5.16 Å². The van der Waals surface area contributed by atoms with E-state index in [0.717, 1.165) is 38.1 Å². The van der Waals surface area contributed by atoms with Crippen LogP contribution in [0.25, 0.3) is 0 Å². The highest BCUT2D eigenvalue weighted by molar-refractivity contribution is 5.12. The molecular weight excluding hydrogens is 254 g/mol. The summed E-state index contributed by atoms with van der Waals surface area (Å²) in [4.78, 5) is 4.47. The smallest absolute Gasteiger partial charge is 0.223 e. The van der Waals surface area contributed by atoms with Crippen LogP contribution in [0.2, 0.25) is 0 Å². The van der Waals surface area contributed by atoms with E-state index in [4.69, 9.17) is 9.26 Å². The van der Waals surface area contributed by atoms with E-state index >= 15 is 0 Å². The zero-order chi connectivity index (χ0) is 13.6. The molecule has 0 amide bonds. The lowest BCUT2D eigenvalue weighted by molar-refractivity contribution is -0.139. The van der Waals surface area contributed by atoms with Crippen molar-refractivity contribution in [2.75, 3.05) is 6.61 Å². The summed E-state index contributed by atoms with van der Waals surface area (Å²) in [6.07, 6.45) is 9.52. The first-order chi connectivity index (χ1) is 9.70. The van der Waals surface area contributed by atoms with Crippen molar-refractivity contribution in [3.05, 3.63) is 11.7 Å². The van der Waals surface area contributed by atoms with E-state index in [1.54, 1.807) is 0 Å². The van der Waals surface area contributed by atoms with Gasteiger partial charge >= 0.3 is 0 Å². The van der Waals surface area contributed by atoms with Crippen LogP contribution >= 0.6 is 0 Å². The average Bonchev–Trinajstić information content (AvgIpc) is 2.79. The van der Waals surface area contributed by atoms with E-state index in [9.17, 15) is 0 Å². The predicted molar refractivity (Wildman–Crippen MR) is 73.3 cm³/mol. The number of rotatable bonds is 3. The lowest BCUT2D eigenvalue weighted by Gasteiger charge is -2.50. The summed E-state index contributed by atoms with van der Waals surface area (Å²) in [5.41, 5.74) is 0.152. The molecule has 20 heavy (non-hydrogen) atoms. The third kappa shape index (κ3) is 1.99. The number of nitrogens with zero attached hydrogens (tertiary/aromatic N) is 2. The fourth-order valence-corrected chi connectivity index (χ4v) is 3.92. The summed E-state index contributed by atoms with van der Waals surface area (Å²) < 4.78 is 11.2. The molecule has 1 aromatic heterocycles. The first-order valence-electron chi connectivity index (χ1n) is 7.92. The highest BCUT2D eigenvalue weighted by Gasteiger charge is 2.48. The van der Waals surface area contributed by atoms with Crippen LogP contribution in [0.15, 0.2) is 4.52 Å². The zero-order valence-corrected chi connectivity index (χ0v) is 12.2. The van der Waals surface area contributed by atoms with E-state index in [0.29, 0.717) is 11.9 Å². The molecule has 2 aliphatic carbocycles. The Hall–Kier alpha value is -0.940. The molecule has 0 bridgehead atoms. The standard InChI is InChI=1S/C15H23N3O2/c1-11-16-13(18-20-11)15(7-3-8-15)17-12-4-9-19-14(10-12)5-2-6-14/h12,17H,2-10H2,1H3. The summed E-state index contributed by atoms with van der Waals surface area (Å²) in [6, 6.07) is 0.531. The molecule has 1 atom stereocenters. The molecule has 110 valence electrons. The highest BCUT2D eigenvalue weighted by atomic mass is 16.5. The Labute approximate surface area is 119 Å². The molecule has 3 aliphatic rings. The van der Waals surface area contributed by atoms with Gasteiger partial charge in [-0.25, -0.2) is 0 Å². The molecule has 1 aliphatic heterocycles. The fourth-order valence-electron chi connectivity index (χ4n) is 3.92. The van der Waals surface area contributed by atoms with Gasteiger partial charge in [0.25, 0.3) is 0 Å². The largest absolute Gasteiger partial charge is 0.375 e. The summed E-state index contributed by atoms with van der Waals surface area (Å²) in [5.74, 6) is 1.52. The monoisotopic (exact) mass is 277 g/mol. The normalized spacial score (nSPS) is 30.8. The number of aryl methyl sites for hydroxylation is 1. The zero-order valence-electron chi connectivity index (χ0n) is 12.2. The van der Waals surface area contributed by atoms with Crippen LogP contribution in [-0.4, -0.2) is 28.4 Å². The van der Waals surface area contributed by atoms with Crippen molar-refractivity contribution in [3.63, 3.8) is 0 Å². The van der Waals surface area contributed by atoms with Crippen LogP contribution < -0.4 is 5.32 Å². The van der Waals surface area contributed by atoms with Crippen molar-refractivity contribution in [1.82, 2.24) is 15.5 Å². The minimum absolute atomic E-state index is 0.0370. The van der Waals surface area contributed by atoms with Crippen molar-refractivity contribution in [1.29, 1.82) is 0 Å². The predicted octanol–water partition coefficient (Wildman–Crippen LogP) is 2.45. The van der Waals surface area contributed by atoms with Crippen LogP contribution in [0.4, 0.5) is 0 Å². The molecule has 0 aromatic carbocycles. The van der Waals surface area contributed by atoms with Gasteiger partial charge < -0.3 is 14.6 Å². The van der Waals surface area contributed by atoms with Gasteiger partial charge in [0.1, 0.15) is 0 Å². The molecule has 0 radical (unpaired) electrons. The van der Waals surface area contributed by atoms with Crippen LogP contribution in [0.1, 0.15) is 63.1 Å². The highest BCUT2D eigenvalue weighted by Crippen LogP contribution is 2.45. The Morgan fingerprint density at radius 3 is 2.55 bits per heavy atom. The SMILES string of the molecule is Cc1nc(C2(NC3CCOC4(CCC4)C3)CCC2)no1. The number of hydrogen-bond acceptors (Lipinski definition) is 5. The molecule has 5 heteroatoms. The lowest BCUT2D eigenvalue weighted by atomic mass is 9.71. The second-order valence-corrected chi connectivity index (χ2v) is 6.79. The second-order valence-electron chi connectivity index (χ2n) is 6.79. The van der Waals surface area contributed by atoms with Crippen molar-refractivity contribution < 1.29 is 9.26 Å². The van der Waals surface area contributed by atoms with Crippen LogP contribution in [0.5, 0.6) is 0 Å². The van der Waals surface area contributed by atoms with Gasteiger partial charge in [0.15, 0.2) is 5.82 Å². The van der Waals surface area contributed by atoms with Gasteiger partial charge in [0.05, 0.1) is 11.1 Å². The molecule has 1 aromatic rings. The Morgan fingerprint density at radius 2 is 2.00 bits per heavy atom. The van der Waals surface area contributed by atoms with Gasteiger partial charge in [-0.2, -0.15) is 4.98 Å². The first kappa shape index (κ1) is 12.8. The molecule has 2 saturated carbocycles. The Morgan fingerprint density at radius 1 is 1.20 bits per heavy atom. The van der Waals surface area contributed by atoms with Gasteiger partial charge in [-0.05, 0) is 51.4 Å². The van der Waals surface area contributed by atoms with E-state index in [2.05, 4.69) is 15.5 Å². The van der Waals surface area contributed by atoms with Gasteiger partial charge in [0, 0.05) is 19.6 Å². The first-order valence-corrected chi connectivity index (χ1v) is 7.92. The minimum atomic E-state index is -0.0370. The summed E-state index contributed by atoms with van der Waals surface area (Å²) in [7, 11) is 0. The van der Waals surface area contributed by atoms with Crippen molar-refractivity contribution in [2.24, 2.45) is 0 Å². The van der Waals surface area contributed by atoms with Crippen LogP contribution in [0, 0.1) is 6.92 Å². The summed E-state index contributed by atoms with van der Waals surface area (Å²) >= 11 is 0. The number of aromatic nitrogens is 2. The van der Waals surface area contributed by atoms with Gasteiger partial charge in [-0.15, -0.1) is 0 Å². The summed E-state index contributed by atoms with van der Waals surface area (Å²) in [5, 5.41) is 8.02. The maximum atomic E-state index is 6.02. The quantitative estimate of drug-likeness (QED) is 0.919. The van der Waals surface area contributed by atoms with E-state index in [-0.39, 0.29) is 11.1 Å². The van der Waals surface area contributed by atoms with E-state index in [1.165, 1.54) is 25.7 Å². The average molecular weight is 277 g/mol. The minimum Gasteiger partial charge on any atom is -0.375 e. The Kier molecular flexibility index (Phi) is 2.89. The Bertz CT molecular complexity index is 491. The molecule has 5 nitrogen and oxygen atoms in total. The van der Waals surface area contributed by atoms with Crippen molar-refractivity contribution >= 4 is 0 Å².